The van der Waals surface area contributed by atoms with E-state index in [4.69, 9.17) is 0 Å². The highest BCUT2D eigenvalue weighted by molar-refractivity contribution is 7.12. The van der Waals surface area contributed by atoms with Crippen LogP contribution >= 0.6 is 11.3 Å². The molecule has 1 aromatic carbocycles. The summed E-state index contributed by atoms with van der Waals surface area (Å²) < 4.78 is 0. The van der Waals surface area contributed by atoms with Gasteiger partial charge in [0.15, 0.2) is 0 Å². The molecule has 0 saturated heterocycles. The second-order valence-corrected chi connectivity index (χ2v) is 6.22. The van der Waals surface area contributed by atoms with Crippen LogP contribution in [0.15, 0.2) is 30.3 Å². The number of rotatable bonds is 6. The van der Waals surface area contributed by atoms with Crippen LogP contribution in [-0.2, 0) is 11.3 Å². The largest absolute Gasteiger partial charge is 0.350 e. The maximum atomic E-state index is 11.8. The molecule has 1 aromatic heterocycles. The molecule has 1 amide bonds. The number of benzene rings is 1. The number of aromatic nitrogens is 1. The van der Waals surface area contributed by atoms with E-state index in [0.717, 1.165) is 29.1 Å². The number of nitrogens with one attached hydrogen (secondary N) is 1. The number of nitrogens with zero attached hydrogens (tertiary/aromatic N) is 1. The summed E-state index contributed by atoms with van der Waals surface area (Å²) in [6.45, 7) is 4.38. The smallest absolute Gasteiger partial charge is 0.220 e. The lowest BCUT2D eigenvalue weighted by Gasteiger charge is -2.01. The number of unbranched alkanes of at least 4 members (excludes halogenated alkanes) is 1. The van der Waals surface area contributed by atoms with Crippen LogP contribution in [0.5, 0.6) is 0 Å². The molecule has 0 radical (unpaired) electrons. The minimum atomic E-state index is 0.0621. The summed E-state index contributed by atoms with van der Waals surface area (Å²) in [4.78, 5) is 17.6. The van der Waals surface area contributed by atoms with E-state index in [1.807, 2.05) is 25.1 Å². The van der Waals surface area contributed by atoms with Crippen LogP contribution < -0.4 is 5.32 Å². The van der Waals surface area contributed by atoms with E-state index in [9.17, 15) is 4.79 Å². The zero-order valence-corrected chi connectivity index (χ0v) is 13.8. The van der Waals surface area contributed by atoms with E-state index in [0.29, 0.717) is 13.0 Å². The third-order valence-corrected chi connectivity index (χ3v) is 4.18. The lowest BCUT2D eigenvalue weighted by Crippen LogP contribution is -2.22. The molecule has 3 nitrogen and oxygen atoms in total. The fourth-order valence-corrected chi connectivity index (χ4v) is 3.01. The number of thiazole rings is 1. The first-order valence-corrected chi connectivity index (χ1v) is 8.20. The van der Waals surface area contributed by atoms with Gasteiger partial charge in [0.25, 0.3) is 0 Å². The number of aryl methyl sites for hydroxylation is 1. The van der Waals surface area contributed by atoms with Gasteiger partial charge in [-0.3, -0.25) is 4.79 Å². The van der Waals surface area contributed by atoms with Crippen molar-refractivity contribution in [1.29, 1.82) is 0 Å². The Kier molecular flexibility index (Phi) is 6.17. The number of amides is 1. The lowest BCUT2D eigenvalue weighted by molar-refractivity contribution is -0.121. The summed E-state index contributed by atoms with van der Waals surface area (Å²) >= 11 is 1.63. The average Bonchev–Trinajstić information content (AvgIpc) is 2.91. The van der Waals surface area contributed by atoms with E-state index in [1.165, 1.54) is 4.88 Å². The topological polar surface area (TPSA) is 42.0 Å². The Labute approximate surface area is 135 Å². The van der Waals surface area contributed by atoms with Crippen molar-refractivity contribution < 1.29 is 4.79 Å². The Balaban J connectivity index is 1.89. The van der Waals surface area contributed by atoms with Crippen molar-refractivity contribution in [3.63, 3.8) is 0 Å². The average molecular weight is 312 g/mol. The van der Waals surface area contributed by atoms with Crippen LogP contribution in [0.1, 0.15) is 36.1 Å². The monoisotopic (exact) mass is 312 g/mol. The molecule has 1 heterocycles. The van der Waals surface area contributed by atoms with E-state index in [1.54, 1.807) is 11.3 Å². The number of carbonyl (C=O) groups is 1. The maximum absolute atomic E-state index is 11.8. The minimum absolute atomic E-state index is 0.0621. The predicted octanol–water partition coefficient (Wildman–Crippen LogP) is 3.93. The van der Waals surface area contributed by atoms with Gasteiger partial charge in [0, 0.05) is 23.3 Å². The lowest BCUT2D eigenvalue weighted by atomic mass is 10.1. The van der Waals surface area contributed by atoms with Gasteiger partial charge in [-0.15, -0.1) is 23.2 Å². The van der Waals surface area contributed by atoms with Crippen molar-refractivity contribution in [3.05, 3.63) is 40.2 Å². The molecule has 2 rings (SSSR count). The van der Waals surface area contributed by atoms with Crippen LogP contribution in [0.3, 0.4) is 0 Å². The molecule has 0 aliphatic carbocycles. The molecule has 1 N–H and O–H groups in total. The number of carbonyl (C=O) groups excluding carboxylic acids is 1. The first-order chi connectivity index (χ1) is 10.7. The molecule has 22 heavy (non-hydrogen) atoms. The van der Waals surface area contributed by atoms with E-state index >= 15 is 0 Å². The number of hydrogen-bond acceptors (Lipinski definition) is 3. The zero-order chi connectivity index (χ0) is 15.8. The van der Waals surface area contributed by atoms with Crippen molar-refractivity contribution in [2.24, 2.45) is 0 Å². The second-order valence-electron chi connectivity index (χ2n) is 4.94. The van der Waals surface area contributed by atoms with Crippen molar-refractivity contribution in [1.82, 2.24) is 10.3 Å². The number of hydrogen-bond donors (Lipinski definition) is 1. The molecule has 0 fully saturated rings. The van der Waals surface area contributed by atoms with Crippen molar-refractivity contribution in [2.75, 3.05) is 0 Å². The van der Waals surface area contributed by atoms with E-state index in [-0.39, 0.29) is 5.91 Å². The van der Waals surface area contributed by atoms with Crippen LogP contribution in [0, 0.1) is 18.8 Å². The molecule has 0 bridgehead atoms. The first kappa shape index (κ1) is 16.3. The standard InChI is InChI=1S/C18H20N2OS/c1-3-4-5-9-12-16(21)19-13-17-20-18(14(2)22-17)15-10-7-6-8-11-15/h6-8,10-11H,5,9,12-13H2,1-2H3,(H,19,21). The van der Waals surface area contributed by atoms with E-state index in [2.05, 4.69) is 41.2 Å². The van der Waals surface area contributed by atoms with Gasteiger partial charge in [0.2, 0.25) is 5.91 Å². The summed E-state index contributed by atoms with van der Waals surface area (Å²) in [5, 5.41) is 3.87. The van der Waals surface area contributed by atoms with Crippen molar-refractivity contribution in [2.45, 2.75) is 39.7 Å². The first-order valence-electron chi connectivity index (χ1n) is 7.38. The summed E-state index contributed by atoms with van der Waals surface area (Å²) in [7, 11) is 0. The fraction of sp³-hybridized carbons (Fsp3) is 0.333. The van der Waals surface area contributed by atoms with Gasteiger partial charge in [-0.05, 0) is 20.3 Å². The quantitative estimate of drug-likeness (QED) is 0.648. The zero-order valence-electron chi connectivity index (χ0n) is 13.0. The predicted molar refractivity (Wildman–Crippen MR) is 91.4 cm³/mol. The normalized spacial score (nSPS) is 9.91. The third-order valence-electron chi connectivity index (χ3n) is 3.21. The van der Waals surface area contributed by atoms with Crippen molar-refractivity contribution in [3.8, 4) is 23.1 Å². The SMILES string of the molecule is CC#CCCCC(=O)NCc1nc(-c2ccccc2)c(C)s1. The molecule has 0 aliphatic heterocycles. The molecule has 0 unspecified atom stereocenters. The highest BCUT2D eigenvalue weighted by atomic mass is 32.1. The van der Waals surface area contributed by atoms with Gasteiger partial charge < -0.3 is 5.32 Å². The van der Waals surface area contributed by atoms with Gasteiger partial charge >= 0.3 is 0 Å². The third kappa shape index (κ3) is 4.71. The summed E-state index contributed by atoms with van der Waals surface area (Å²) in [5.41, 5.74) is 2.13. The second kappa shape index (κ2) is 8.35. The van der Waals surface area contributed by atoms with Crippen LogP contribution in [0.2, 0.25) is 0 Å². The van der Waals surface area contributed by atoms with Crippen LogP contribution in [-0.4, -0.2) is 10.9 Å². The fourth-order valence-electron chi connectivity index (χ4n) is 2.12. The molecule has 2 aromatic rings. The molecule has 0 aliphatic rings. The summed E-state index contributed by atoms with van der Waals surface area (Å²) in [5.74, 6) is 5.86. The highest BCUT2D eigenvalue weighted by Crippen LogP contribution is 2.27. The van der Waals surface area contributed by atoms with Crippen molar-refractivity contribution >= 4 is 17.2 Å². The Morgan fingerprint density at radius 2 is 2.09 bits per heavy atom. The summed E-state index contributed by atoms with van der Waals surface area (Å²) in [6, 6.07) is 10.1. The van der Waals surface area contributed by atoms with Gasteiger partial charge in [-0.2, -0.15) is 0 Å². The van der Waals surface area contributed by atoms with Gasteiger partial charge in [-0.25, -0.2) is 4.98 Å². The molecule has 0 spiro atoms. The highest BCUT2D eigenvalue weighted by Gasteiger charge is 2.10. The van der Waals surface area contributed by atoms with Crippen LogP contribution in [0.25, 0.3) is 11.3 Å². The Bertz CT molecular complexity index is 680. The summed E-state index contributed by atoms with van der Waals surface area (Å²) in [6.07, 6.45) is 2.10. The molecule has 0 atom stereocenters. The molecule has 0 saturated carbocycles. The van der Waals surface area contributed by atoms with E-state index < -0.39 is 0 Å². The Hall–Kier alpha value is -2.12. The molecule has 114 valence electrons. The Morgan fingerprint density at radius 3 is 2.82 bits per heavy atom. The Morgan fingerprint density at radius 1 is 1.32 bits per heavy atom. The molecular formula is C18H20N2OS. The van der Waals surface area contributed by atoms with Gasteiger partial charge in [-0.1, -0.05) is 30.3 Å². The minimum Gasteiger partial charge on any atom is -0.350 e. The molecular weight excluding hydrogens is 292 g/mol. The maximum Gasteiger partial charge on any atom is 0.220 e. The molecule has 4 heteroatoms. The van der Waals surface area contributed by atoms with Gasteiger partial charge in [0.05, 0.1) is 12.2 Å². The van der Waals surface area contributed by atoms with Crippen LogP contribution in [0.4, 0.5) is 0 Å². The van der Waals surface area contributed by atoms with Gasteiger partial charge in [0.1, 0.15) is 5.01 Å².